The molecule has 1 heterocycles. The van der Waals surface area contributed by atoms with Gasteiger partial charge in [-0.3, -0.25) is 4.79 Å². The van der Waals surface area contributed by atoms with Crippen molar-refractivity contribution in [1.29, 1.82) is 0 Å². The number of hydrogen-bond acceptors (Lipinski definition) is 3. The van der Waals surface area contributed by atoms with E-state index in [0.717, 1.165) is 19.4 Å². The second-order valence-corrected chi connectivity index (χ2v) is 2.82. The Bertz CT molecular complexity index is 169. The van der Waals surface area contributed by atoms with Gasteiger partial charge in [-0.05, 0) is 19.4 Å². The van der Waals surface area contributed by atoms with Gasteiger partial charge in [-0.15, -0.1) is 0 Å². The summed E-state index contributed by atoms with van der Waals surface area (Å²) in [6, 6.07) is -0.580. The number of piperidine rings is 1. The van der Waals surface area contributed by atoms with Gasteiger partial charge in [0.05, 0.1) is 0 Å². The fourth-order valence-corrected chi connectivity index (χ4v) is 1.32. The van der Waals surface area contributed by atoms with Crippen molar-refractivity contribution in [2.24, 2.45) is 0 Å². The summed E-state index contributed by atoms with van der Waals surface area (Å²) in [4.78, 5) is 11.0. The highest BCUT2D eigenvalue weighted by atomic mass is 32.1. The number of aliphatic carboxylic acids is 1. The molecule has 0 aromatic carbocycles. The maximum absolute atomic E-state index is 10.4. The van der Waals surface area contributed by atoms with Crippen molar-refractivity contribution in [3.63, 3.8) is 0 Å². The molecule has 2 N–H and O–H groups in total. The van der Waals surface area contributed by atoms with Gasteiger partial charge < -0.3 is 10.4 Å². The molecule has 0 saturated carbocycles. The minimum Gasteiger partial charge on any atom is -0.480 e. The number of carboxylic acids is 1. The van der Waals surface area contributed by atoms with Crippen LogP contribution < -0.4 is 5.32 Å². The van der Waals surface area contributed by atoms with Crippen LogP contribution in [0.5, 0.6) is 0 Å². The van der Waals surface area contributed by atoms with Crippen LogP contribution in [0.15, 0.2) is 0 Å². The first-order chi connectivity index (χ1) is 4.72. The van der Waals surface area contributed by atoms with Crippen LogP contribution in [0.2, 0.25) is 0 Å². The second kappa shape index (κ2) is 3.07. The third-order valence-electron chi connectivity index (χ3n) is 1.52. The van der Waals surface area contributed by atoms with Gasteiger partial charge in [-0.25, -0.2) is 0 Å². The quantitative estimate of drug-likeness (QED) is 0.536. The van der Waals surface area contributed by atoms with E-state index in [1.807, 2.05) is 0 Å². The van der Waals surface area contributed by atoms with Crippen LogP contribution in [0.25, 0.3) is 0 Å². The van der Waals surface area contributed by atoms with Crippen molar-refractivity contribution in [2.75, 3.05) is 6.54 Å². The largest absolute Gasteiger partial charge is 0.480 e. The van der Waals surface area contributed by atoms with Gasteiger partial charge in [-0.1, -0.05) is 12.2 Å². The van der Waals surface area contributed by atoms with E-state index in [1.165, 1.54) is 0 Å². The summed E-state index contributed by atoms with van der Waals surface area (Å²) in [5.41, 5.74) is 0. The van der Waals surface area contributed by atoms with E-state index in [1.54, 1.807) is 0 Å². The summed E-state index contributed by atoms with van der Waals surface area (Å²) in [5.74, 6) is -0.857. The molecule has 0 spiro atoms. The molecule has 0 aromatic rings. The Balaban J connectivity index is 2.56. The van der Waals surface area contributed by atoms with E-state index in [-0.39, 0.29) is 0 Å². The van der Waals surface area contributed by atoms with Crippen LogP contribution in [-0.2, 0) is 4.79 Å². The van der Waals surface area contributed by atoms with Gasteiger partial charge in [0.2, 0.25) is 0 Å². The van der Waals surface area contributed by atoms with E-state index >= 15 is 0 Å². The van der Waals surface area contributed by atoms with Gasteiger partial charge in [0.1, 0.15) is 6.04 Å². The molecule has 1 unspecified atom stereocenters. The van der Waals surface area contributed by atoms with Gasteiger partial charge in [0, 0.05) is 4.86 Å². The summed E-state index contributed by atoms with van der Waals surface area (Å²) >= 11 is 4.86. The Morgan fingerprint density at radius 1 is 1.80 bits per heavy atom. The molecule has 1 rings (SSSR count). The van der Waals surface area contributed by atoms with Crippen LogP contribution in [-0.4, -0.2) is 28.5 Å². The molecule has 3 nitrogen and oxygen atoms in total. The van der Waals surface area contributed by atoms with Crippen molar-refractivity contribution in [2.45, 2.75) is 18.9 Å². The third kappa shape index (κ3) is 1.52. The van der Waals surface area contributed by atoms with Crippen LogP contribution in [0.3, 0.4) is 0 Å². The van der Waals surface area contributed by atoms with Crippen molar-refractivity contribution in [3.8, 4) is 0 Å². The molecule has 0 aromatic heterocycles. The highest BCUT2D eigenvalue weighted by Gasteiger charge is 2.24. The van der Waals surface area contributed by atoms with Crippen molar-refractivity contribution in [3.05, 3.63) is 0 Å². The Hall–Kier alpha value is -0.480. The summed E-state index contributed by atoms with van der Waals surface area (Å²) < 4.78 is 0. The average Bonchev–Trinajstić information content (AvgIpc) is 1.88. The molecule has 0 amide bonds. The normalized spacial score (nSPS) is 26.4. The van der Waals surface area contributed by atoms with E-state index < -0.39 is 12.0 Å². The number of rotatable bonds is 1. The standard InChI is InChI=1S/C6H9NO2S/c8-6(9)5-4(10)2-1-3-7-5/h5,7H,1-3H2,(H,8,9). The number of thiocarbonyl (C=S) groups is 1. The Morgan fingerprint density at radius 2 is 2.50 bits per heavy atom. The third-order valence-corrected chi connectivity index (χ3v) is 1.96. The lowest BCUT2D eigenvalue weighted by atomic mass is 10.1. The Kier molecular flexibility index (Phi) is 2.34. The summed E-state index contributed by atoms with van der Waals surface area (Å²) in [5, 5.41) is 11.4. The predicted octanol–water partition coefficient (Wildman–Crippen LogP) is 0.193. The van der Waals surface area contributed by atoms with Gasteiger partial charge in [0.15, 0.2) is 0 Å². The molecule has 1 atom stereocenters. The molecule has 0 radical (unpaired) electrons. The van der Waals surface area contributed by atoms with Crippen molar-refractivity contribution >= 4 is 23.1 Å². The number of hydrogen-bond donors (Lipinski definition) is 2. The maximum atomic E-state index is 10.4. The second-order valence-electron chi connectivity index (χ2n) is 2.30. The first-order valence-electron chi connectivity index (χ1n) is 3.20. The van der Waals surface area contributed by atoms with Crippen LogP contribution in [0, 0.1) is 0 Å². The van der Waals surface area contributed by atoms with Crippen molar-refractivity contribution in [1.82, 2.24) is 5.32 Å². The lowest BCUT2D eigenvalue weighted by Crippen LogP contribution is -2.46. The highest BCUT2D eigenvalue weighted by molar-refractivity contribution is 7.80. The number of carboxylic acid groups (broad SMARTS) is 1. The van der Waals surface area contributed by atoms with E-state index in [0.29, 0.717) is 4.86 Å². The fraction of sp³-hybridized carbons (Fsp3) is 0.667. The van der Waals surface area contributed by atoms with Gasteiger partial charge in [0.25, 0.3) is 0 Å². The molecule has 0 bridgehead atoms. The lowest BCUT2D eigenvalue weighted by Gasteiger charge is -2.20. The monoisotopic (exact) mass is 159 g/mol. The summed E-state index contributed by atoms with van der Waals surface area (Å²) in [7, 11) is 0. The topological polar surface area (TPSA) is 49.3 Å². The number of nitrogens with one attached hydrogen (secondary N) is 1. The Morgan fingerprint density at radius 3 is 2.90 bits per heavy atom. The maximum Gasteiger partial charge on any atom is 0.325 e. The Labute approximate surface area is 64.4 Å². The molecule has 4 heteroatoms. The molecule has 10 heavy (non-hydrogen) atoms. The average molecular weight is 159 g/mol. The fourth-order valence-electron chi connectivity index (χ4n) is 0.992. The number of carbonyl (C=O) groups is 1. The van der Waals surface area contributed by atoms with E-state index in [9.17, 15) is 4.79 Å². The predicted molar refractivity (Wildman–Crippen MR) is 41.3 cm³/mol. The van der Waals surface area contributed by atoms with E-state index in [4.69, 9.17) is 17.3 Å². The minimum absolute atomic E-state index is 0.580. The van der Waals surface area contributed by atoms with Crippen LogP contribution in [0.1, 0.15) is 12.8 Å². The molecule has 0 aliphatic carbocycles. The highest BCUT2D eigenvalue weighted by Crippen LogP contribution is 2.04. The molecule has 1 fully saturated rings. The van der Waals surface area contributed by atoms with Gasteiger partial charge >= 0.3 is 5.97 Å². The first kappa shape index (κ1) is 7.63. The SMILES string of the molecule is O=C(O)C1NCCCC1=S. The first-order valence-corrected chi connectivity index (χ1v) is 3.61. The molecular weight excluding hydrogens is 150 g/mol. The molecule has 56 valence electrons. The summed E-state index contributed by atoms with van der Waals surface area (Å²) in [6.45, 7) is 0.761. The van der Waals surface area contributed by atoms with Crippen molar-refractivity contribution < 1.29 is 9.90 Å². The van der Waals surface area contributed by atoms with Crippen LogP contribution in [0.4, 0.5) is 0 Å². The summed E-state index contributed by atoms with van der Waals surface area (Å²) in [6.07, 6.45) is 1.72. The smallest absolute Gasteiger partial charge is 0.325 e. The minimum atomic E-state index is -0.857. The molecule has 1 aliphatic rings. The molecule has 1 saturated heterocycles. The molecular formula is C6H9NO2S. The zero-order valence-corrected chi connectivity index (χ0v) is 6.28. The zero-order valence-electron chi connectivity index (χ0n) is 5.46. The lowest BCUT2D eigenvalue weighted by molar-refractivity contribution is -0.137. The zero-order chi connectivity index (χ0) is 7.56. The molecule has 1 aliphatic heterocycles. The van der Waals surface area contributed by atoms with Crippen LogP contribution >= 0.6 is 12.2 Å². The van der Waals surface area contributed by atoms with Gasteiger partial charge in [-0.2, -0.15) is 0 Å². The van der Waals surface area contributed by atoms with E-state index in [2.05, 4.69) is 5.32 Å².